The minimum absolute atomic E-state index is 0.0203. The molecule has 0 N–H and O–H groups in total. The van der Waals surface area contributed by atoms with Crippen molar-refractivity contribution < 1.29 is 33.3 Å². The molecule has 2 amide bonds. The minimum Gasteiger partial charge on any atom is -0.497 e. The summed E-state index contributed by atoms with van der Waals surface area (Å²) in [4.78, 5) is 40.6. The third-order valence-corrected chi connectivity index (χ3v) is 5.10. The summed E-state index contributed by atoms with van der Waals surface area (Å²) in [5.74, 6) is -0.579. The number of amides is 2. The van der Waals surface area contributed by atoms with Crippen LogP contribution in [-0.2, 0) is 23.9 Å². The molecule has 2 aliphatic heterocycles. The van der Waals surface area contributed by atoms with Crippen LogP contribution >= 0.6 is 0 Å². The van der Waals surface area contributed by atoms with E-state index < -0.39 is 18.0 Å². The molecular weight excluding hydrogens is 380 g/mol. The summed E-state index contributed by atoms with van der Waals surface area (Å²) in [7, 11) is 3.05. The first-order chi connectivity index (χ1) is 13.9. The lowest BCUT2D eigenvalue weighted by Crippen LogP contribution is -2.46. The largest absolute Gasteiger partial charge is 0.497 e. The Kier molecular flexibility index (Phi) is 6.58. The number of benzene rings is 1. The zero-order valence-corrected chi connectivity index (χ0v) is 16.9. The SMILES string of the molecule is COc1ccc(N2C[C@@H](C(=O)O[C@@H](C)C(=O)N3CCOCC3)CC2=O)c(OC)c1. The summed E-state index contributed by atoms with van der Waals surface area (Å²) < 4.78 is 21.1. The van der Waals surface area contributed by atoms with Crippen molar-refractivity contribution >= 4 is 23.5 Å². The molecule has 2 atom stereocenters. The molecule has 0 unspecified atom stereocenters. The lowest BCUT2D eigenvalue weighted by Gasteiger charge is -2.29. The second-order valence-electron chi connectivity index (χ2n) is 6.96. The third-order valence-electron chi connectivity index (χ3n) is 5.10. The molecule has 1 aromatic rings. The molecule has 9 nitrogen and oxygen atoms in total. The number of morpholine rings is 1. The lowest BCUT2D eigenvalue weighted by molar-refractivity contribution is -0.163. The standard InChI is InChI=1S/C20H26N2O7/c1-13(19(24)21-6-8-28-9-7-21)29-20(25)14-10-18(23)22(12-14)16-5-4-15(26-2)11-17(16)27-3/h4-5,11,13-14H,6-10,12H2,1-3H3/t13-,14-/m0/s1. The smallest absolute Gasteiger partial charge is 0.312 e. The molecule has 1 aromatic carbocycles. The maximum absolute atomic E-state index is 12.6. The first-order valence-electron chi connectivity index (χ1n) is 9.54. The van der Waals surface area contributed by atoms with E-state index in [1.165, 1.54) is 12.0 Å². The van der Waals surface area contributed by atoms with Crippen LogP contribution < -0.4 is 14.4 Å². The van der Waals surface area contributed by atoms with Crippen LogP contribution in [0.3, 0.4) is 0 Å². The number of ether oxygens (including phenoxy) is 4. The summed E-state index contributed by atoms with van der Waals surface area (Å²) in [6.07, 6.45) is -0.882. The van der Waals surface area contributed by atoms with Crippen molar-refractivity contribution in [3.63, 3.8) is 0 Å². The van der Waals surface area contributed by atoms with Gasteiger partial charge in [0, 0.05) is 32.1 Å². The Morgan fingerprint density at radius 1 is 1.17 bits per heavy atom. The number of anilines is 1. The zero-order chi connectivity index (χ0) is 21.0. The van der Waals surface area contributed by atoms with E-state index in [0.717, 1.165) is 0 Å². The molecule has 2 fully saturated rings. The lowest BCUT2D eigenvalue weighted by atomic mass is 10.1. The van der Waals surface area contributed by atoms with Crippen LogP contribution in [0.4, 0.5) is 5.69 Å². The van der Waals surface area contributed by atoms with Gasteiger partial charge in [0.15, 0.2) is 6.10 Å². The van der Waals surface area contributed by atoms with Gasteiger partial charge in [-0.15, -0.1) is 0 Å². The maximum atomic E-state index is 12.6. The summed E-state index contributed by atoms with van der Waals surface area (Å²) in [6.45, 7) is 3.63. The number of esters is 1. The van der Waals surface area contributed by atoms with Gasteiger partial charge in [-0.2, -0.15) is 0 Å². The molecular formula is C20H26N2O7. The highest BCUT2D eigenvalue weighted by atomic mass is 16.5. The fourth-order valence-corrected chi connectivity index (χ4v) is 3.47. The molecule has 3 rings (SSSR count). The van der Waals surface area contributed by atoms with Gasteiger partial charge in [0.2, 0.25) is 5.91 Å². The highest BCUT2D eigenvalue weighted by Crippen LogP contribution is 2.36. The summed E-state index contributed by atoms with van der Waals surface area (Å²) in [6, 6.07) is 5.12. The highest BCUT2D eigenvalue weighted by molar-refractivity contribution is 6.01. The number of methoxy groups -OCH3 is 2. The molecule has 0 saturated carbocycles. The van der Waals surface area contributed by atoms with Gasteiger partial charge in [-0.3, -0.25) is 14.4 Å². The Bertz CT molecular complexity index is 776. The Hall–Kier alpha value is -2.81. The number of carbonyl (C=O) groups is 3. The van der Waals surface area contributed by atoms with Crippen molar-refractivity contribution in [2.45, 2.75) is 19.4 Å². The average molecular weight is 406 g/mol. The van der Waals surface area contributed by atoms with Crippen LogP contribution in [0.15, 0.2) is 18.2 Å². The number of nitrogens with zero attached hydrogens (tertiary/aromatic N) is 2. The van der Waals surface area contributed by atoms with Crippen LogP contribution in [0, 0.1) is 5.92 Å². The molecule has 29 heavy (non-hydrogen) atoms. The Labute approximate surface area is 169 Å². The van der Waals surface area contributed by atoms with Gasteiger partial charge in [0.25, 0.3) is 5.91 Å². The van der Waals surface area contributed by atoms with E-state index in [1.54, 1.807) is 37.1 Å². The second-order valence-corrected chi connectivity index (χ2v) is 6.96. The van der Waals surface area contributed by atoms with Crippen molar-refractivity contribution in [2.75, 3.05) is 52.0 Å². The number of carbonyl (C=O) groups excluding carboxylic acids is 3. The zero-order valence-electron chi connectivity index (χ0n) is 16.9. The third kappa shape index (κ3) is 4.61. The normalized spacial score (nSPS) is 20.4. The molecule has 0 radical (unpaired) electrons. The predicted molar refractivity (Wildman–Crippen MR) is 103 cm³/mol. The van der Waals surface area contributed by atoms with E-state index in [4.69, 9.17) is 18.9 Å². The second kappa shape index (κ2) is 9.13. The highest BCUT2D eigenvalue weighted by Gasteiger charge is 2.38. The molecule has 2 heterocycles. The number of hydrogen-bond donors (Lipinski definition) is 0. The Morgan fingerprint density at radius 2 is 1.90 bits per heavy atom. The monoisotopic (exact) mass is 406 g/mol. The molecule has 9 heteroatoms. The molecule has 2 aliphatic rings. The van der Waals surface area contributed by atoms with Crippen LogP contribution in [0.2, 0.25) is 0 Å². The number of hydrogen-bond acceptors (Lipinski definition) is 7. The summed E-state index contributed by atoms with van der Waals surface area (Å²) >= 11 is 0. The van der Waals surface area contributed by atoms with Gasteiger partial charge >= 0.3 is 5.97 Å². The van der Waals surface area contributed by atoms with Gasteiger partial charge in [-0.05, 0) is 19.1 Å². The van der Waals surface area contributed by atoms with Gasteiger partial charge in [-0.25, -0.2) is 0 Å². The van der Waals surface area contributed by atoms with Crippen molar-refractivity contribution in [1.82, 2.24) is 4.90 Å². The predicted octanol–water partition coefficient (Wildman–Crippen LogP) is 0.847. The van der Waals surface area contributed by atoms with Gasteiger partial charge < -0.3 is 28.7 Å². The fraction of sp³-hybridized carbons (Fsp3) is 0.550. The van der Waals surface area contributed by atoms with E-state index in [-0.39, 0.29) is 24.8 Å². The first-order valence-corrected chi connectivity index (χ1v) is 9.54. The van der Waals surface area contributed by atoms with E-state index in [1.807, 2.05) is 0 Å². The average Bonchev–Trinajstić information content (AvgIpc) is 3.14. The first kappa shape index (κ1) is 20.9. The molecule has 0 spiro atoms. The topological polar surface area (TPSA) is 94.6 Å². The van der Waals surface area contributed by atoms with Crippen molar-refractivity contribution in [2.24, 2.45) is 5.92 Å². The van der Waals surface area contributed by atoms with Crippen molar-refractivity contribution in [3.05, 3.63) is 18.2 Å². The maximum Gasteiger partial charge on any atom is 0.312 e. The van der Waals surface area contributed by atoms with E-state index in [2.05, 4.69) is 0 Å². The summed E-state index contributed by atoms with van der Waals surface area (Å²) in [5.41, 5.74) is 0.561. The van der Waals surface area contributed by atoms with Crippen molar-refractivity contribution in [3.8, 4) is 11.5 Å². The van der Waals surface area contributed by atoms with Crippen LogP contribution in [0.25, 0.3) is 0 Å². The van der Waals surface area contributed by atoms with Gasteiger partial charge in [0.1, 0.15) is 11.5 Å². The molecule has 2 saturated heterocycles. The van der Waals surface area contributed by atoms with Gasteiger partial charge in [0.05, 0.1) is 39.0 Å². The minimum atomic E-state index is -0.903. The van der Waals surface area contributed by atoms with Gasteiger partial charge in [-0.1, -0.05) is 0 Å². The van der Waals surface area contributed by atoms with Crippen molar-refractivity contribution in [1.29, 1.82) is 0 Å². The quantitative estimate of drug-likeness (QED) is 0.647. The molecule has 0 bridgehead atoms. The number of rotatable bonds is 6. The van der Waals surface area contributed by atoms with E-state index in [9.17, 15) is 14.4 Å². The van der Waals surface area contributed by atoms with Crippen LogP contribution in [0.1, 0.15) is 13.3 Å². The molecule has 0 aromatic heterocycles. The fourth-order valence-electron chi connectivity index (χ4n) is 3.47. The Morgan fingerprint density at radius 3 is 2.55 bits per heavy atom. The van der Waals surface area contributed by atoms with Crippen LogP contribution in [-0.4, -0.2) is 75.9 Å². The summed E-state index contributed by atoms with van der Waals surface area (Å²) in [5, 5.41) is 0. The molecule has 158 valence electrons. The van der Waals surface area contributed by atoms with E-state index in [0.29, 0.717) is 43.5 Å². The van der Waals surface area contributed by atoms with Crippen LogP contribution in [0.5, 0.6) is 11.5 Å². The molecule has 0 aliphatic carbocycles. The van der Waals surface area contributed by atoms with E-state index >= 15 is 0 Å². The Balaban J connectivity index is 1.63.